The normalized spacial score (nSPS) is 15.3. The van der Waals surface area contributed by atoms with Gasteiger partial charge in [0.2, 0.25) is 0 Å². The van der Waals surface area contributed by atoms with E-state index in [1.807, 2.05) is 0 Å². The Morgan fingerprint density at radius 2 is 1.00 bits per heavy atom. The van der Waals surface area contributed by atoms with Gasteiger partial charge in [0.1, 0.15) is 18.8 Å². The number of hydrogen-bond donors (Lipinski definition) is 4. The maximum atomic E-state index is 13.1. The van der Waals surface area contributed by atoms with E-state index in [4.69, 9.17) is 4.74 Å². The van der Waals surface area contributed by atoms with Crippen molar-refractivity contribution in [1.29, 1.82) is 0 Å². The SMILES string of the molecule is CCCCCCCCC(=O)OCC(O)C(O)C(O)(C(=O)CCCCCCCC)C(O)C(=O)CCCCCCCC. The molecule has 0 aliphatic rings. The van der Waals surface area contributed by atoms with E-state index in [1.165, 1.54) is 0 Å². The van der Waals surface area contributed by atoms with Crippen LogP contribution in [0.2, 0.25) is 0 Å². The molecule has 0 aromatic rings. The molecular formula is C32H60O8. The fourth-order valence-corrected chi connectivity index (χ4v) is 4.89. The number of unbranched alkanes of at least 4 members (excludes halogenated alkanes) is 15. The van der Waals surface area contributed by atoms with Gasteiger partial charge in [0.05, 0.1) is 0 Å². The lowest BCUT2D eigenvalue weighted by atomic mass is 9.79. The third kappa shape index (κ3) is 16.2. The van der Waals surface area contributed by atoms with Crippen LogP contribution < -0.4 is 0 Å². The topological polar surface area (TPSA) is 141 Å². The average molecular weight is 573 g/mol. The first-order valence-electron chi connectivity index (χ1n) is 16.1. The number of rotatable bonds is 28. The summed E-state index contributed by atoms with van der Waals surface area (Å²) in [5, 5.41) is 43.5. The molecule has 0 saturated carbocycles. The summed E-state index contributed by atoms with van der Waals surface area (Å²) in [5.41, 5.74) is -2.88. The Morgan fingerprint density at radius 1 is 0.600 bits per heavy atom. The van der Waals surface area contributed by atoms with Crippen LogP contribution in [0.5, 0.6) is 0 Å². The van der Waals surface area contributed by atoms with Crippen molar-refractivity contribution in [3.63, 3.8) is 0 Å². The lowest BCUT2D eigenvalue weighted by molar-refractivity contribution is -0.195. The third-order valence-electron chi connectivity index (χ3n) is 7.67. The van der Waals surface area contributed by atoms with Crippen molar-refractivity contribution in [2.24, 2.45) is 0 Å². The molecule has 4 atom stereocenters. The molecule has 8 nitrogen and oxygen atoms in total. The monoisotopic (exact) mass is 572 g/mol. The quantitative estimate of drug-likeness (QED) is 0.0688. The molecule has 40 heavy (non-hydrogen) atoms. The zero-order chi connectivity index (χ0) is 30.2. The molecule has 0 aliphatic carbocycles. The standard InChI is InChI=1S/C32H60O8/c1-4-7-10-13-16-19-22-26(33)30(37)32(39,28(35)23-20-17-14-11-8-5-2)31(38)27(34)25-40-29(36)24-21-18-15-12-9-6-3/h27,30-31,34,37-39H,4-25H2,1-3H3. The van der Waals surface area contributed by atoms with Crippen LogP contribution in [0.4, 0.5) is 0 Å². The molecule has 0 aliphatic heterocycles. The summed E-state index contributed by atoms with van der Waals surface area (Å²) in [6.07, 6.45) is 10.5. The van der Waals surface area contributed by atoms with Gasteiger partial charge in [-0.05, 0) is 19.3 Å². The zero-order valence-corrected chi connectivity index (χ0v) is 25.7. The predicted molar refractivity (Wildman–Crippen MR) is 158 cm³/mol. The fraction of sp³-hybridized carbons (Fsp3) is 0.906. The number of esters is 1. The van der Waals surface area contributed by atoms with Crippen LogP contribution in [0.25, 0.3) is 0 Å². The van der Waals surface area contributed by atoms with Crippen LogP contribution in [0.3, 0.4) is 0 Å². The molecular weight excluding hydrogens is 512 g/mol. The molecule has 0 rings (SSSR count). The molecule has 0 aromatic heterocycles. The van der Waals surface area contributed by atoms with Crippen LogP contribution in [0.15, 0.2) is 0 Å². The van der Waals surface area contributed by atoms with Gasteiger partial charge in [-0.1, -0.05) is 117 Å². The molecule has 0 radical (unpaired) electrons. The molecule has 4 unspecified atom stereocenters. The summed E-state index contributed by atoms with van der Waals surface area (Å²) in [5.74, 6) is -2.19. The Morgan fingerprint density at radius 3 is 1.48 bits per heavy atom. The molecule has 0 saturated heterocycles. The Bertz CT molecular complexity index is 667. The van der Waals surface area contributed by atoms with E-state index in [1.54, 1.807) is 0 Å². The van der Waals surface area contributed by atoms with Crippen LogP contribution in [-0.2, 0) is 19.1 Å². The van der Waals surface area contributed by atoms with Gasteiger partial charge in [-0.3, -0.25) is 14.4 Å². The highest BCUT2D eigenvalue weighted by atomic mass is 16.5. The predicted octanol–water partition coefficient (Wildman–Crippen LogP) is 5.73. The number of aliphatic hydroxyl groups is 4. The minimum absolute atomic E-state index is 0.0457. The molecule has 4 N–H and O–H groups in total. The lowest BCUT2D eigenvalue weighted by Crippen LogP contribution is -2.64. The van der Waals surface area contributed by atoms with Gasteiger partial charge < -0.3 is 25.2 Å². The fourth-order valence-electron chi connectivity index (χ4n) is 4.89. The van der Waals surface area contributed by atoms with Crippen LogP contribution in [0.1, 0.15) is 156 Å². The molecule has 0 bridgehead atoms. The summed E-state index contributed by atoms with van der Waals surface area (Å²) in [4.78, 5) is 38.0. The highest BCUT2D eigenvalue weighted by Gasteiger charge is 2.53. The average Bonchev–Trinajstić information content (AvgIpc) is 2.95. The maximum Gasteiger partial charge on any atom is 0.305 e. The highest BCUT2D eigenvalue weighted by Crippen LogP contribution is 2.26. The summed E-state index contributed by atoms with van der Waals surface area (Å²) < 4.78 is 5.08. The van der Waals surface area contributed by atoms with Crippen LogP contribution >= 0.6 is 0 Å². The van der Waals surface area contributed by atoms with E-state index in [0.29, 0.717) is 19.3 Å². The Labute approximate surface area is 243 Å². The molecule has 0 fully saturated rings. The third-order valence-corrected chi connectivity index (χ3v) is 7.67. The van der Waals surface area contributed by atoms with Gasteiger partial charge in [0.15, 0.2) is 23.3 Å². The number of ether oxygens (including phenoxy) is 1. The Balaban J connectivity index is 5.13. The number of aliphatic hydroxyl groups excluding tert-OH is 3. The molecule has 0 aromatic carbocycles. The zero-order valence-electron chi connectivity index (χ0n) is 25.7. The van der Waals surface area contributed by atoms with Crippen LogP contribution in [0, 0.1) is 0 Å². The van der Waals surface area contributed by atoms with Gasteiger partial charge in [-0.25, -0.2) is 0 Å². The van der Waals surface area contributed by atoms with Crippen molar-refractivity contribution in [1.82, 2.24) is 0 Å². The number of carbonyl (C=O) groups excluding carboxylic acids is 3. The van der Waals surface area contributed by atoms with Crippen molar-refractivity contribution in [3.05, 3.63) is 0 Å². The molecule has 0 amide bonds. The van der Waals surface area contributed by atoms with Crippen molar-refractivity contribution in [2.45, 2.75) is 180 Å². The summed E-state index contributed by atoms with van der Waals surface area (Å²) in [6, 6.07) is 0. The Kier molecular flexibility index (Phi) is 23.4. The second-order valence-electron chi connectivity index (χ2n) is 11.4. The minimum Gasteiger partial charge on any atom is -0.463 e. The molecule has 8 heteroatoms. The number of Topliss-reactive ketones (excluding diaryl/α,β-unsaturated/α-hetero) is 2. The minimum atomic E-state index is -2.88. The summed E-state index contributed by atoms with van der Waals surface area (Å²) >= 11 is 0. The largest absolute Gasteiger partial charge is 0.463 e. The highest BCUT2D eigenvalue weighted by molar-refractivity contribution is 5.96. The second kappa shape index (κ2) is 24.3. The van der Waals surface area contributed by atoms with Crippen molar-refractivity contribution in [2.75, 3.05) is 6.61 Å². The maximum absolute atomic E-state index is 13.1. The molecule has 0 spiro atoms. The summed E-state index contributed by atoms with van der Waals surface area (Å²) in [6.45, 7) is 5.69. The Hall–Kier alpha value is -1.35. The van der Waals surface area contributed by atoms with Crippen molar-refractivity contribution >= 4 is 17.5 Å². The van der Waals surface area contributed by atoms with Gasteiger partial charge in [0.25, 0.3) is 0 Å². The second-order valence-corrected chi connectivity index (χ2v) is 11.4. The van der Waals surface area contributed by atoms with Crippen molar-refractivity contribution < 1.29 is 39.5 Å². The first kappa shape index (κ1) is 38.6. The van der Waals surface area contributed by atoms with E-state index >= 15 is 0 Å². The van der Waals surface area contributed by atoms with Crippen LogP contribution in [-0.4, -0.2) is 68.5 Å². The molecule has 236 valence electrons. The van der Waals surface area contributed by atoms with E-state index in [-0.39, 0.29) is 19.3 Å². The first-order chi connectivity index (χ1) is 19.2. The van der Waals surface area contributed by atoms with Gasteiger partial charge >= 0.3 is 5.97 Å². The first-order valence-corrected chi connectivity index (χ1v) is 16.1. The number of carbonyl (C=O) groups is 3. The van der Waals surface area contributed by atoms with Gasteiger partial charge in [0, 0.05) is 19.3 Å². The number of hydrogen-bond acceptors (Lipinski definition) is 8. The van der Waals surface area contributed by atoms with Gasteiger partial charge in [-0.2, -0.15) is 0 Å². The van der Waals surface area contributed by atoms with E-state index in [9.17, 15) is 34.8 Å². The van der Waals surface area contributed by atoms with Gasteiger partial charge in [-0.15, -0.1) is 0 Å². The van der Waals surface area contributed by atoms with Crippen molar-refractivity contribution in [3.8, 4) is 0 Å². The van der Waals surface area contributed by atoms with E-state index < -0.39 is 48.1 Å². The summed E-state index contributed by atoms with van der Waals surface area (Å²) in [7, 11) is 0. The van der Waals surface area contributed by atoms with E-state index in [2.05, 4.69) is 20.8 Å². The smallest absolute Gasteiger partial charge is 0.305 e. The number of ketones is 2. The van der Waals surface area contributed by atoms with E-state index in [0.717, 1.165) is 96.3 Å². The lowest BCUT2D eigenvalue weighted by Gasteiger charge is -2.37. The molecule has 0 heterocycles.